The van der Waals surface area contributed by atoms with Crippen LogP contribution in [0.25, 0.3) is 0 Å². The van der Waals surface area contributed by atoms with Gasteiger partial charge in [-0.1, -0.05) is 0 Å². The third-order valence-electron chi connectivity index (χ3n) is 2.49. The van der Waals surface area contributed by atoms with Gasteiger partial charge in [0.05, 0.1) is 12.2 Å². The van der Waals surface area contributed by atoms with Crippen LogP contribution in [-0.2, 0) is 28.5 Å². The first-order chi connectivity index (χ1) is 8.43. The number of aliphatic hydroxyl groups excluding tert-OH is 1. The van der Waals surface area contributed by atoms with Crippen LogP contribution in [0, 0.1) is 0 Å². The van der Waals surface area contributed by atoms with Gasteiger partial charge in [0, 0.05) is 27.4 Å². The maximum absolute atomic E-state index is 10.9. The van der Waals surface area contributed by atoms with Gasteiger partial charge in [-0.3, -0.25) is 9.59 Å². The van der Waals surface area contributed by atoms with Gasteiger partial charge >= 0.3 is 11.9 Å². The van der Waals surface area contributed by atoms with Crippen LogP contribution in [0.4, 0.5) is 0 Å². The van der Waals surface area contributed by atoms with Crippen molar-refractivity contribution in [1.29, 1.82) is 0 Å². The van der Waals surface area contributed by atoms with Gasteiger partial charge in [-0.25, -0.2) is 0 Å². The highest BCUT2D eigenvalue weighted by atomic mass is 16.7. The molecule has 1 rings (SSSR count). The lowest BCUT2D eigenvalue weighted by molar-refractivity contribution is -0.269. The summed E-state index contributed by atoms with van der Waals surface area (Å²) in [6, 6.07) is 0. The van der Waals surface area contributed by atoms with Gasteiger partial charge in [0.2, 0.25) is 0 Å². The third kappa shape index (κ3) is 4.25. The fraction of sp³-hybridized carbons (Fsp3) is 0.818. The standard InChI is InChI=1S/C11H18O7/c1-6(12)16-5-8-4-9(14)10(17-7(2)13)11(15-3)18-8/h8-11,14H,4-5H2,1-3H3/t8-,9-,10+,11-/m0/s1. The van der Waals surface area contributed by atoms with Gasteiger partial charge in [-0.15, -0.1) is 0 Å². The van der Waals surface area contributed by atoms with Crippen molar-refractivity contribution >= 4 is 11.9 Å². The minimum Gasteiger partial charge on any atom is -0.463 e. The van der Waals surface area contributed by atoms with E-state index in [0.29, 0.717) is 0 Å². The molecule has 0 saturated carbocycles. The van der Waals surface area contributed by atoms with Crippen LogP contribution < -0.4 is 0 Å². The minimum absolute atomic E-state index is 0.0268. The molecule has 0 radical (unpaired) electrons. The molecule has 0 amide bonds. The van der Waals surface area contributed by atoms with E-state index in [0.717, 1.165) is 0 Å². The summed E-state index contributed by atoms with van der Waals surface area (Å²) in [7, 11) is 1.38. The van der Waals surface area contributed by atoms with E-state index in [1.807, 2.05) is 0 Å². The average Bonchev–Trinajstić information content (AvgIpc) is 2.28. The van der Waals surface area contributed by atoms with Crippen LogP contribution in [0.2, 0.25) is 0 Å². The normalized spacial score (nSPS) is 31.8. The van der Waals surface area contributed by atoms with Crippen molar-refractivity contribution in [3.8, 4) is 0 Å². The second-order valence-electron chi connectivity index (χ2n) is 4.04. The molecule has 0 bridgehead atoms. The maximum Gasteiger partial charge on any atom is 0.303 e. The van der Waals surface area contributed by atoms with E-state index in [1.54, 1.807) is 0 Å². The number of hydrogen-bond donors (Lipinski definition) is 1. The fourth-order valence-electron chi connectivity index (χ4n) is 1.74. The molecule has 0 aromatic rings. The molecular formula is C11H18O7. The summed E-state index contributed by atoms with van der Waals surface area (Å²) < 4.78 is 20.2. The summed E-state index contributed by atoms with van der Waals surface area (Å²) in [5.41, 5.74) is 0. The number of hydrogen-bond acceptors (Lipinski definition) is 7. The van der Waals surface area contributed by atoms with Crippen molar-refractivity contribution in [1.82, 2.24) is 0 Å². The summed E-state index contributed by atoms with van der Waals surface area (Å²) in [4.78, 5) is 21.6. The number of rotatable bonds is 4. The second kappa shape index (κ2) is 6.67. The smallest absolute Gasteiger partial charge is 0.303 e. The first-order valence-corrected chi connectivity index (χ1v) is 5.61. The molecule has 0 aromatic heterocycles. The van der Waals surface area contributed by atoms with Crippen LogP contribution in [0.1, 0.15) is 20.3 Å². The quantitative estimate of drug-likeness (QED) is 0.689. The first-order valence-electron chi connectivity index (χ1n) is 5.61. The molecule has 4 atom stereocenters. The number of ether oxygens (including phenoxy) is 4. The molecule has 0 aromatic carbocycles. The molecule has 18 heavy (non-hydrogen) atoms. The highest BCUT2D eigenvalue weighted by Crippen LogP contribution is 2.23. The Morgan fingerprint density at radius 3 is 2.50 bits per heavy atom. The van der Waals surface area contributed by atoms with Crippen molar-refractivity contribution in [3.63, 3.8) is 0 Å². The third-order valence-corrected chi connectivity index (χ3v) is 2.49. The number of carbonyl (C=O) groups excluding carboxylic acids is 2. The molecular weight excluding hydrogens is 244 g/mol. The van der Waals surface area contributed by atoms with E-state index in [2.05, 4.69) is 0 Å². The molecule has 1 fully saturated rings. The van der Waals surface area contributed by atoms with Crippen LogP contribution in [0.3, 0.4) is 0 Å². The summed E-state index contributed by atoms with van der Waals surface area (Å²) >= 11 is 0. The molecule has 1 saturated heterocycles. The zero-order valence-electron chi connectivity index (χ0n) is 10.6. The Hall–Kier alpha value is -1.18. The predicted molar refractivity (Wildman–Crippen MR) is 58.5 cm³/mol. The van der Waals surface area contributed by atoms with E-state index in [-0.39, 0.29) is 13.0 Å². The lowest BCUT2D eigenvalue weighted by Crippen LogP contribution is -2.52. The molecule has 104 valence electrons. The zero-order chi connectivity index (χ0) is 13.7. The Labute approximate surface area is 105 Å². The first kappa shape index (κ1) is 14.9. The molecule has 1 aliphatic rings. The van der Waals surface area contributed by atoms with Crippen molar-refractivity contribution in [2.75, 3.05) is 13.7 Å². The van der Waals surface area contributed by atoms with E-state index in [4.69, 9.17) is 18.9 Å². The monoisotopic (exact) mass is 262 g/mol. The Bertz CT molecular complexity index is 304. The molecule has 1 aliphatic heterocycles. The van der Waals surface area contributed by atoms with Crippen LogP contribution in [0.5, 0.6) is 0 Å². The van der Waals surface area contributed by atoms with Gasteiger partial charge in [-0.05, 0) is 0 Å². The molecule has 0 aliphatic carbocycles. The Morgan fingerprint density at radius 1 is 1.33 bits per heavy atom. The second-order valence-corrected chi connectivity index (χ2v) is 4.04. The van der Waals surface area contributed by atoms with Crippen molar-refractivity contribution in [3.05, 3.63) is 0 Å². The molecule has 0 spiro atoms. The highest BCUT2D eigenvalue weighted by molar-refractivity contribution is 5.66. The van der Waals surface area contributed by atoms with Crippen LogP contribution in [0.15, 0.2) is 0 Å². The molecule has 7 nitrogen and oxygen atoms in total. The van der Waals surface area contributed by atoms with Gasteiger partial charge in [0.1, 0.15) is 6.61 Å². The van der Waals surface area contributed by atoms with Gasteiger partial charge < -0.3 is 24.1 Å². The van der Waals surface area contributed by atoms with Crippen LogP contribution >= 0.6 is 0 Å². The minimum atomic E-state index is -0.923. The van der Waals surface area contributed by atoms with Crippen molar-refractivity contribution < 1.29 is 33.6 Å². The maximum atomic E-state index is 10.9. The van der Waals surface area contributed by atoms with E-state index >= 15 is 0 Å². The molecule has 7 heteroatoms. The van der Waals surface area contributed by atoms with Gasteiger partial charge in [-0.2, -0.15) is 0 Å². The Morgan fingerprint density at radius 2 is 2.00 bits per heavy atom. The summed E-state index contributed by atoms with van der Waals surface area (Å²) in [6.45, 7) is 2.55. The summed E-state index contributed by atoms with van der Waals surface area (Å²) in [6.07, 6.45) is -2.96. The average molecular weight is 262 g/mol. The topological polar surface area (TPSA) is 91.3 Å². The van der Waals surface area contributed by atoms with Crippen molar-refractivity contribution in [2.45, 2.75) is 44.9 Å². The van der Waals surface area contributed by atoms with E-state index in [1.165, 1.54) is 21.0 Å². The molecule has 0 unspecified atom stereocenters. The highest BCUT2D eigenvalue weighted by Gasteiger charge is 2.40. The van der Waals surface area contributed by atoms with Crippen molar-refractivity contribution in [2.24, 2.45) is 0 Å². The molecule has 1 heterocycles. The Kier molecular flexibility index (Phi) is 5.52. The number of methoxy groups -OCH3 is 1. The lowest BCUT2D eigenvalue weighted by Gasteiger charge is -2.37. The zero-order valence-corrected chi connectivity index (χ0v) is 10.6. The number of carbonyl (C=O) groups is 2. The molecule has 1 N–H and O–H groups in total. The van der Waals surface area contributed by atoms with Gasteiger partial charge in [0.25, 0.3) is 0 Å². The number of aliphatic hydroxyl groups is 1. The summed E-state index contributed by atoms with van der Waals surface area (Å²) in [5.74, 6) is -0.952. The van der Waals surface area contributed by atoms with E-state index < -0.39 is 36.5 Å². The largest absolute Gasteiger partial charge is 0.463 e. The summed E-state index contributed by atoms with van der Waals surface area (Å²) in [5, 5.41) is 9.88. The lowest BCUT2D eigenvalue weighted by atomic mass is 10.0. The van der Waals surface area contributed by atoms with Crippen LogP contribution in [-0.4, -0.2) is 55.4 Å². The van der Waals surface area contributed by atoms with Gasteiger partial charge in [0.15, 0.2) is 12.4 Å². The SMILES string of the molecule is CO[C@H]1O[C@H](COC(C)=O)C[C@H](O)[C@H]1OC(C)=O. The van der Waals surface area contributed by atoms with E-state index in [9.17, 15) is 14.7 Å². The fourth-order valence-corrected chi connectivity index (χ4v) is 1.74. The Balaban J connectivity index is 2.57. The number of esters is 2. The predicted octanol–water partition coefficient (Wildman–Crippen LogP) is -0.397.